The fourth-order valence-corrected chi connectivity index (χ4v) is 6.47. The number of rotatable bonds is 5. The fourth-order valence-electron chi connectivity index (χ4n) is 6.47. The van der Waals surface area contributed by atoms with E-state index in [-0.39, 0.29) is 5.82 Å². The summed E-state index contributed by atoms with van der Waals surface area (Å²) in [6.07, 6.45) is 5.24. The molecule has 0 atom stereocenters. The average molecular weight is 542 g/mol. The first kappa shape index (κ1) is 24.3. The molecule has 7 heteroatoms. The number of nitrogens with two attached hydrogens (primary N) is 1. The summed E-state index contributed by atoms with van der Waals surface area (Å²) in [5.41, 5.74) is 13.4. The zero-order valence-corrected chi connectivity index (χ0v) is 22.3. The molecule has 202 valence electrons. The highest BCUT2D eigenvalue weighted by Gasteiger charge is 2.58. The van der Waals surface area contributed by atoms with Crippen LogP contribution < -0.4 is 5.73 Å². The highest BCUT2D eigenvalue weighted by atomic mass is 19.1. The number of halogens is 1. The van der Waals surface area contributed by atoms with Gasteiger partial charge in [0.2, 0.25) is 0 Å². The van der Waals surface area contributed by atoms with Gasteiger partial charge in [-0.05, 0) is 73.1 Å². The van der Waals surface area contributed by atoms with Crippen molar-refractivity contribution in [1.82, 2.24) is 19.6 Å². The van der Waals surface area contributed by atoms with E-state index in [0.717, 1.165) is 51.7 Å². The van der Waals surface area contributed by atoms with E-state index in [0.29, 0.717) is 35.7 Å². The summed E-state index contributed by atoms with van der Waals surface area (Å²) < 4.78 is 15.3. The van der Waals surface area contributed by atoms with Gasteiger partial charge in [0.05, 0.1) is 17.0 Å². The molecule has 0 spiro atoms. The second-order valence-corrected chi connectivity index (χ2v) is 11.7. The standard InChI is InChI=1S/C34H28FN5O/c35-27-14-8-22(9-15-27)29-17-30-37-18-24-16-28(21-4-2-1-3-5-21)31(38-32(24)40(30)39-29)23-6-10-25(11-7-23)33(36)19-34(41,20-33)26-12-13-26/h1-11,14-18,26,41H,12-13,19-20,36H2. The minimum Gasteiger partial charge on any atom is -0.389 e. The Balaban J connectivity index is 1.24. The maximum Gasteiger partial charge on any atom is 0.165 e. The Bertz CT molecular complexity index is 1920. The number of aromatic nitrogens is 4. The number of hydrogen-bond donors (Lipinski definition) is 2. The molecule has 2 aliphatic rings. The van der Waals surface area contributed by atoms with Crippen LogP contribution in [0, 0.1) is 11.7 Å². The van der Waals surface area contributed by atoms with Crippen LogP contribution in [0.3, 0.4) is 0 Å². The predicted octanol–water partition coefficient (Wildman–Crippen LogP) is 6.51. The molecule has 6 nitrogen and oxygen atoms in total. The zero-order chi connectivity index (χ0) is 27.8. The smallest absolute Gasteiger partial charge is 0.165 e. The van der Waals surface area contributed by atoms with Crippen molar-refractivity contribution in [3.63, 3.8) is 0 Å². The van der Waals surface area contributed by atoms with Crippen molar-refractivity contribution in [3.05, 3.63) is 109 Å². The molecule has 0 amide bonds. The molecule has 6 aromatic rings. The van der Waals surface area contributed by atoms with Crippen LogP contribution in [0.4, 0.5) is 4.39 Å². The molecule has 8 rings (SSSR count). The third-order valence-corrected chi connectivity index (χ3v) is 8.80. The molecule has 3 aromatic heterocycles. The van der Waals surface area contributed by atoms with Gasteiger partial charge in [0.1, 0.15) is 5.82 Å². The van der Waals surface area contributed by atoms with Crippen molar-refractivity contribution in [3.8, 4) is 33.6 Å². The lowest BCUT2D eigenvalue weighted by Crippen LogP contribution is -2.60. The molecule has 0 aliphatic heterocycles. The number of nitrogens with zero attached hydrogens (tertiary/aromatic N) is 4. The highest BCUT2D eigenvalue weighted by molar-refractivity contribution is 5.91. The Labute approximate surface area is 236 Å². The van der Waals surface area contributed by atoms with E-state index in [9.17, 15) is 9.50 Å². The van der Waals surface area contributed by atoms with Gasteiger partial charge in [0.15, 0.2) is 11.3 Å². The Morgan fingerprint density at radius 3 is 2.27 bits per heavy atom. The van der Waals surface area contributed by atoms with Crippen molar-refractivity contribution in [2.24, 2.45) is 11.7 Å². The van der Waals surface area contributed by atoms with Crippen molar-refractivity contribution in [1.29, 1.82) is 0 Å². The third-order valence-electron chi connectivity index (χ3n) is 8.80. The quantitative estimate of drug-likeness (QED) is 0.260. The molecule has 2 aliphatic carbocycles. The van der Waals surface area contributed by atoms with Gasteiger partial charge in [-0.1, -0.05) is 54.6 Å². The van der Waals surface area contributed by atoms with Crippen LogP contribution >= 0.6 is 0 Å². The fraction of sp³-hybridized carbons (Fsp3) is 0.206. The molecule has 3 aromatic carbocycles. The predicted molar refractivity (Wildman–Crippen MR) is 157 cm³/mol. The molecule has 2 fully saturated rings. The van der Waals surface area contributed by atoms with Crippen molar-refractivity contribution >= 4 is 16.7 Å². The first-order chi connectivity index (χ1) is 19.9. The second kappa shape index (κ2) is 8.77. The van der Waals surface area contributed by atoms with Crippen molar-refractivity contribution < 1.29 is 9.50 Å². The van der Waals surface area contributed by atoms with Crippen molar-refractivity contribution in [2.75, 3.05) is 0 Å². The largest absolute Gasteiger partial charge is 0.389 e. The van der Waals surface area contributed by atoms with Crippen molar-refractivity contribution in [2.45, 2.75) is 36.8 Å². The topological polar surface area (TPSA) is 89.3 Å². The lowest BCUT2D eigenvalue weighted by Gasteiger charge is -2.52. The van der Waals surface area contributed by atoms with E-state index in [2.05, 4.69) is 47.4 Å². The first-order valence-electron chi connectivity index (χ1n) is 14.0. The van der Waals surface area contributed by atoms with E-state index in [4.69, 9.17) is 15.8 Å². The molecule has 0 unspecified atom stereocenters. The lowest BCUT2D eigenvalue weighted by molar-refractivity contribution is -0.106. The molecule has 3 heterocycles. The first-order valence-corrected chi connectivity index (χ1v) is 14.0. The van der Waals surface area contributed by atoms with Crippen LogP contribution in [0.1, 0.15) is 31.2 Å². The Kier molecular flexibility index (Phi) is 5.21. The van der Waals surface area contributed by atoms with Gasteiger partial charge in [-0.3, -0.25) is 0 Å². The molecular formula is C34H28FN5O. The second-order valence-electron chi connectivity index (χ2n) is 11.7. The van der Waals surface area contributed by atoms with E-state index < -0.39 is 11.1 Å². The summed E-state index contributed by atoms with van der Waals surface area (Å²) in [6.45, 7) is 0. The molecule has 41 heavy (non-hydrogen) atoms. The van der Waals surface area contributed by atoms with Crippen LogP contribution in [0.5, 0.6) is 0 Å². The van der Waals surface area contributed by atoms with Gasteiger partial charge < -0.3 is 10.8 Å². The van der Waals surface area contributed by atoms with Gasteiger partial charge >= 0.3 is 0 Å². The molecule has 3 N–H and O–H groups in total. The monoisotopic (exact) mass is 541 g/mol. The van der Waals surface area contributed by atoms with Crippen LogP contribution in [-0.2, 0) is 5.54 Å². The maximum absolute atomic E-state index is 13.5. The lowest BCUT2D eigenvalue weighted by atomic mass is 9.60. The number of fused-ring (bicyclic) bond motifs is 3. The van der Waals surface area contributed by atoms with Gasteiger partial charge in [-0.25, -0.2) is 14.4 Å². The van der Waals surface area contributed by atoms with E-state index in [1.807, 2.05) is 30.5 Å². The minimum absolute atomic E-state index is 0.289. The van der Waals surface area contributed by atoms with Crippen LogP contribution in [0.2, 0.25) is 0 Å². The Morgan fingerprint density at radius 2 is 1.56 bits per heavy atom. The normalized spacial score (nSPS) is 22.2. The number of pyridine rings is 1. The highest BCUT2D eigenvalue weighted by Crippen LogP contribution is 2.57. The zero-order valence-electron chi connectivity index (χ0n) is 22.3. The third kappa shape index (κ3) is 4.04. The van der Waals surface area contributed by atoms with E-state index in [1.54, 1.807) is 16.6 Å². The number of hydrogen-bond acceptors (Lipinski definition) is 5. The molecule has 2 saturated carbocycles. The number of benzene rings is 3. The summed E-state index contributed by atoms with van der Waals surface area (Å²) in [7, 11) is 0. The molecule has 0 radical (unpaired) electrons. The summed E-state index contributed by atoms with van der Waals surface area (Å²) >= 11 is 0. The summed E-state index contributed by atoms with van der Waals surface area (Å²) in [6, 6.07) is 28.8. The summed E-state index contributed by atoms with van der Waals surface area (Å²) in [4.78, 5) is 9.83. The van der Waals surface area contributed by atoms with Gasteiger partial charge in [-0.2, -0.15) is 9.61 Å². The van der Waals surface area contributed by atoms with Gasteiger partial charge in [-0.15, -0.1) is 0 Å². The Hall–Kier alpha value is -4.46. The summed E-state index contributed by atoms with van der Waals surface area (Å²) in [5.74, 6) is 0.120. The van der Waals surface area contributed by atoms with Crippen LogP contribution in [-0.4, -0.2) is 30.3 Å². The van der Waals surface area contributed by atoms with Crippen LogP contribution in [0.25, 0.3) is 50.3 Å². The summed E-state index contributed by atoms with van der Waals surface area (Å²) in [5, 5.41) is 16.6. The van der Waals surface area contributed by atoms with E-state index >= 15 is 0 Å². The molecular weight excluding hydrogens is 513 g/mol. The Morgan fingerprint density at radius 1 is 0.854 bits per heavy atom. The van der Waals surface area contributed by atoms with Gasteiger partial charge in [0, 0.05) is 39.9 Å². The number of aliphatic hydroxyl groups is 1. The molecule has 0 saturated heterocycles. The van der Waals surface area contributed by atoms with Crippen LogP contribution in [0.15, 0.2) is 97.2 Å². The average Bonchev–Trinajstić information content (AvgIpc) is 3.76. The minimum atomic E-state index is -0.607. The van der Waals surface area contributed by atoms with E-state index in [1.165, 1.54) is 12.1 Å². The maximum atomic E-state index is 13.5. The SMILES string of the molecule is NC1(c2ccc(-c3nc4c(cnc5cc(-c6ccc(F)cc6)nn54)cc3-c3ccccc3)cc2)CC(O)(C2CC2)C1. The van der Waals surface area contributed by atoms with Gasteiger partial charge in [0.25, 0.3) is 0 Å². The molecule has 0 bridgehead atoms.